The first-order chi connectivity index (χ1) is 9.02. The number of esters is 1. The fourth-order valence-corrected chi connectivity index (χ4v) is 1.56. The van der Waals surface area contributed by atoms with Gasteiger partial charge in [0, 0.05) is 11.8 Å². The summed E-state index contributed by atoms with van der Waals surface area (Å²) in [5.74, 6) is 0.254. The summed E-state index contributed by atoms with van der Waals surface area (Å²) in [6.07, 6.45) is 2.99. The molecule has 0 radical (unpaired) electrons. The summed E-state index contributed by atoms with van der Waals surface area (Å²) in [5, 5.41) is 4.08. The third kappa shape index (κ3) is 2.54. The van der Waals surface area contributed by atoms with E-state index in [2.05, 4.69) is 19.8 Å². The molecule has 7 heteroatoms. The third-order valence-corrected chi connectivity index (χ3v) is 2.62. The number of rotatable bonds is 3. The molecule has 100 valence electrons. The summed E-state index contributed by atoms with van der Waals surface area (Å²) < 4.78 is 6.04. The predicted octanol–water partition coefficient (Wildman–Crippen LogP) is 1.15. The molecule has 2 aromatic rings. The van der Waals surface area contributed by atoms with Gasteiger partial charge in [-0.15, -0.1) is 0 Å². The van der Waals surface area contributed by atoms with Crippen LogP contribution in [0.5, 0.6) is 0 Å². The Morgan fingerprint density at radius 3 is 2.79 bits per heavy atom. The molecule has 0 spiro atoms. The Morgan fingerprint density at radius 2 is 2.16 bits per heavy atom. The van der Waals surface area contributed by atoms with E-state index >= 15 is 0 Å². The first-order valence-electron chi connectivity index (χ1n) is 5.78. The van der Waals surface area contributed by atoms with Crippen LogP contribution in [0.1, 0.15) is 35.9 Å². The molecule has 0 aliphatic carbocycles. The van der Waals surface area contributed by atoms with Gasteiger partial charge in [-0.05, 0) is 5.92 Å². The first-order valence-corrected chi connectivity index (χ1v) is 5.78. The van der Waals surface area contributed by atoms with Crippen molar-refractivity contribution >= 4 is 11.7 Å². The normalized spacial score (nSPS) is 10.7. The highest BCUT2D eigenvalue weighted by atomic mass is 16.5. The van der Waals surface area contributed by atoms with Crippen molar-refractivity contribution in [3.05, 3.63) is 30.0 Å². The van der Waals surface area contributed by atoms with Crippen LogP contribution in [-0.2, 0) is 4.74 Å². The maximum atomic E-state index is 11.4. The van der Waals surface area contributed by atoms with Gasteiger partial charge in [0.15, 0.2) is 11.5 Å². The van der Waals surface area contributed by atoms with Gasteiger partial charge in [-0.25, -0.2) is 19.4 Å². The van der Waals surface area contributed by atoms with E-state index in [1.165, 1.54) is 24.3 Å². The van der Waals surface area contributed by atoms with Crippen molar-refractivity contribution in [3.63, 3.8) is 0 Å². The Hall–Kier alpha value is -2.44. The largest absolute Gasteiger partial charge is 0.464 e. The maximum Gasteiger partial charge on any atom is 0.360 e. The Balaban J connectivity index is 2.42. The van der Waals surface area contributed by atoms with E-state index in [9.17, 15) is 4.79 Å². The molecular formula is C12H15N5O2. The molecule has 7 nitrogen and oxygen atoms in total. The molecule has 2 heterocycles. The van der Waals surface area contributed by atoms with Crippen LogP contribution >= 0.6 is 0 Å². The molecule has 0 aromatic carbocycles. The zero-order valence-corrected chi connectivity index (χ0v) is 11.0. The zero-order valence-electron chi connectivity index (χ0n) is 11.0. The number of nitrogens with zero attached hydrogens (tertiary/aromatic N) is 4. The van der Waals surface area contributed by atoms with Crippen LogP contribution in [0.15, 0.2) is 18.6 Å². The van der Waals surface area contributed by atoms with E-state index in [0.29, 0.717) is 5.82 Å². The molecule has 0 atom stereocenters. The number of methoxy groups -OCH3 is 1. The van der Waals surface area contributed by atoms with Crippen molar-refractivity contribution < 1.29 is 9.53 Å². The van der Waals surface area contributed by atoms with Crippen molar-refractivity contribution in [2.45, 2.75) is 19.8 Å². The average Bonchev–Trinajstić information content (AvgIpc) is 2.80. The molecule has 0 aliphatic rings. The lowest BCUT2D eigenvalue weighted by Crippen LogP contribution is -2.07. The summed E-state index contributed by atoms with van der Waals surface area (Å²) in [5.41, 5.74) is 6.94. The van der Waals surface area contributed by atoms with E-state index in [0.717, 1.165) is 5.69 Å². The number of ether oxygens (including phenoxy) is 1. The Morgan fingerprint density at radius 1 is 1.42 bits per heavy atom. The molecular weight excluding hydrogens is 246 g/mol. The van der Waals surface area contributed by atoms with Crippen LogP contribution in [0.3, 0.4) is 0 Å². The van der Waals surface area contributed by atoms with Gasteiger partial charge in [0.2, 0.25) is 0 Å². The highest BCUT2D eigenvalue weighted by Gasteiger charge is 2.16. The Bertz CT molecular complexity index is 606. The standard InChI is InChI=1S/C12H15N5O2/c1-7(2)9-4-10(15-6-14-9)17-5-8(13)11(16-17)12(18)19-3/h4-7H,13H2,1-3H3. The lowest BCUT2D eigenvalue weighted by molar-refractivity contribution is 0.0594. The highest BCUT2D eigenvalue weighted by Crippen LogP contribution is 2.16. The van der Waals surface area contributed by atoms with Crippen molar-refractivity contribution in [2.24, 2.45) is 0 Å². The lowest BCUT2D eigenvalue weighted by atomic mass is 10.1. The van der Waals surface area contributed by atoms with Gasteiger partial charge < -0.3 is 10.5 Å². The van der Waals surface area contributed by atoms with Gasteiger partial charge in [-0.2, -0.15) is 5.10 Å². The fraction of sp³-hybridized carbons (Fsp3) is 0.333. The van der Waals surface area contributed by atoms with E-state index in [-0.39, 0.29) is 17.3 Å². The molecule has 0 saturated heterocycles. The van der Waals surface area contributed by atoms with E-state index in [1.807, 2.05) is 13.8 Å². The SMILES string of the molecule is COC(=O)c1nn(-c2cc(C(C)C)ncn2)cc1N. The van der Waals surface area contributed by atoms with Gasteiger partial charge in [0.05, 0.1) is 19.0 Å². The molecule has 0 amide bonds. The number of nitrogen functional groups attached to an aromatic ring is 1. The Labute approximate surface area is 110 Å². The summed E-state index contributed by atoms with van der Waals surface area (Å²) >= 11 is 0. The van der Waals surface area contributed by atoms with Gasteiger partial charge in [0.25, 0.3) is 0 Å². The second-order valence-electron chi connectivity index (χ2n) is 4.32. The van der Waals surface area contributed by atoms with Crippen molar-refractivity contribution in [2.75, 3.05) is 12.8 Å². The summed E-state index contributed by atoms with van der Waals surface area (Å²) in [4.78, 5) is 19.7. The number of carbonyl (C=O) groups excluding carboxylic acids is 1. The second-order valence-corrected chi connectivity index (χ2v) is 4.32. The number of hydrogen-bond donors (Lipinski definition) is 1. The Kier molecular flexibility index (Phi) is 3.46. The van der Waals surface area contributed by atoms with E-state index in [1.54, 1.807) is 6.07 Å². The molecule has 0 unspecified atom stereocenters. The van der Waals surface area contributed by atoms with Crippen LogP contribution < -0.4 is 5.73 Å². The van der Waals surface area contributed by atoms with E-state index in [4.69, 9.17) is 5.73 Å². The van der Waals surface area contributed by atoms with Gasteiger partial charge in [-0.1, -0.05) is 13.8 Å². The molecule has 0 aliphatic heterocycles. The van der Waals surface area contributed by atoms with E-state index < -0.39 is 5.97 Å². The summed E-state index contributed by atoms with van der Waals surface area (Å²) in [6, 6.07) is 1.80. The average molecular weight is 261 g/mol. The zero-order chi connectivity index (χ0) is 14.0. The van der Waals surface area contributed by atoms with Crippen LogP contribution in [0.25, 0.3) is 5.82 Å². The predicted molar refractivity (Wildman–Crippen MR) is 69.0 cm³/mol. The third-order valence-electron chi connectivity index (χ3n) is 2.62. The van der Waals surface area contributed by atoms with Gasteiger partial charge in [-0.3, -0.25) is 0 Å². The summed E-state index contributed by atoms with van der Waals surface area (Å²) in [6.45, 7) is 4.06. The van der Waals surface area contributed by atoms with Crippen LogP contribution in [0, 0.1) is 0 Å². The van der Waals surface area contributed by atoms with Crippen LogP contribution in [0.2, 0.25) is 0 Å². The minimum Gasteiger partial charge on any atom is -0.464 e. The van der Waals surface area contributed by atoms with Gasteiger partial charge >= 0.3 is 5.97 Å². The molecule has 2 N–H and O–H groups in total. The smallest absolute Gasteiger partial charge is 0.360 e. The number of hydrogen-bond acceptors (Lipinski definition) is 6. The maximum absolute atomic E-state index is 11.4. The molecule has 2 aromatic heterocycles. The second kappa shape index (κ2) is 5.05. The minimum absolute atomic E-state index is 0.0761. The van der Waals surface area contributed by atoms with Crippen molar-refractivity contribution in [1.29, 1.82) is 0 Å². The van der Waals surface area contributed by atoms with Crippen LogP contribution in [-0.4, -0.2) is 32.8 Å². The number of carbonyl (C=O) groups is 1. The molecule has 0 fully saturated rings. The molecule has 19 heavy (non-hydrogen) atoms. The first kappa shape index (κ1) is 13.0. The minimum atomic E-state index is -0.575. The van der Waals surface area contributed by atoms with Crippen LogP contribution in [0.4, 0.5) is 5.69 Å². The van der Waals surface area contributed by atoms with Crippen molar-refractivity contribution in [1.82, 2.24) is 19.7 Å². The fourth-order valence-electron chi connectivity index (χ4n) is 1.56. The quantitative estimate of drug-likeness (QED) is 0.833. The topological polar surface area (TPSA) is 95.9 Å². The molecule has 0 saturated carbocycles. The summed E-state index contributed by atoms with van der Waals surface area (Å²) in [7, 11) is 1.28. The number of nitrogens with two attached hydrogens (primary N) is 1. The molecule has 2 rings (SSSR count). The highest BCUT2D eigenvalue weighted by molar-refractivity contribution is 5.92. The van der Waals surface area contributed by atoms with Gasteiger partial charge in [0.1, 0.15) is 6.33 Å². The lowest BCUT2D eigenvalue weighted by Gasteiger charge is -2.05. The number of anilines is 1. The number of aromatic nitrogens is 4. The molecule has 0 bridgehead atoms. The van der Waals surface area contributed by atoms with Crippen molar-refractivity contribution in [3.8, 4) is 5.82 Å². The monoisotopic (exact) mass is 261 g/mol.